The number of amides is 2. The van der Waals surface area contributed by atoms with Gasteiger partial charge in [0.05, 0.1) is 12.5 Å². The van der Waals surface area contributed by atoms with Crippen LogP contribution < -0.4 is 10.6 Å². The molecule has 2 heterocycles. The van der Waals surface area contributed by atoms with Crippen LogP contribution in [0.4, 0.5) is 0 Å². The molecule has 38 heavy (non-hydrogen) atoms. The number of carbonyl (C=O) groups is 3. The van der Waals surface area contributed by atoms with Gasteiger partial charge in [-0.25, -0.2) is 0 Å². The maximum Gasteiger partial charge on any atom is 0.306 e. The number of carbonyl (C=O) groups excluding carboxylic acids is 3. The van der Waals surface area contributed by atoms with Crippen LogP contribution in [0.25, 0.3) is 0 Å². The molecule has 7 heteroatoms. The van der Waals surface area contributed by atoms with Gasteiger partial charge in [-0.2, -0.15) is 0 Å². The summed E-state index contributed by atoms with van der Waals surface area (Å²) in [5, 5.41) is 6.00. The number of allylic oxidation sites excluding steroid dienone is 2. The summed E-state index contributed by atoms with van der Waals surface area (Å²) in [5.74, 6) is -0.594. The van der Waals surface area contributed by atoms with Crippen molar-refractivity contribution in [3.8, 4) is 0 Å². The summed E-state index contributed by atoms with van der Waals surface area (Å²) in [5.41, 5.74) is 2.16. The van der Waals surface area contributed by atoms with Gasteiger partial charge in [0.25, 0.3) is 0 Å². The first-order valence-electron chi connectivity index (χ1n) is 13.8. The van der Waals surface area contributed by atoms with Crippen molar-refractivity contribution in [3.05, 3.63) is 83.9 Å². The van der Waals surface area contributed by atoms with Crippen molar-refractivity contribution >= 4 is 17.8 Å². The van der Waals surface area contributed by atoms with E-state index in [2.05, 4.69) is 39.8 Å². The minimum absolute atomic E-state index is 0.0941. The number of benzene rings is 2. The Morgan fingerprint density at radius 1 is 0.974 bits per heavy atom. The number of nitrogens with one attached hydrogen (secondary N) is 2. The molecule has 2 aliphatic rings. The summed E-state index contributed by atoms with van der Waals surface area (Å²) in [7, 11) is 0. The van der Waals surface area contributed by atoms with Crippen molar-refractivity contribution in [2.45, 2.75) is 51.2 Å². The predicted molar refractivity (Wildman–Crippen MR) is 147 cm³/mol. The van der Waals surface area contributed by atoms with Gasteiger partial charge in [-0.15, -0.1) is 0 Å². The molecule has 0 radical (unpaired) electrons. The van der Waals surface area contributed by atoms with E-state index in [9.17, 15) is 14.4 Å². The molecule has 7 nitrogen and oxygen atoms in total. The number of hydrogen-bond donors (Lipinski definition) is 2. The number of nitrogens with zero attached hydrogens (tertiary/aromatic N) is 1. The Morgan fingerprint density at radius 3 is 2.42 bits per heavy atom. The fourth-order valence-corrected chi connectivity index (χ4v) is 5.06. The average molecular weight is 518 g/mol. The fourth-order valence-electron chi connectivity index (χ4n) is 5.06. The van der Waals surface area contributed by atoms with Gasteiger partial charge in [-0.05, 0) is 55.8 Å². The van der Waals surface area contributed by atoms with Crippen LogP contribution >= 0.6 is 0 Å². The summed E-state index contributed by atoms with van der Waals surface area (Å²) in [4.78, 5) is 40.6. The molecular formula is C31H39N3O4. The van der Waals surface area contributed by atoms with Gasteiger partial charge in [-0.1, -0.05) is 72.8 Å². The van der Waals surface area contributed by atoms with Gasteiger partial charge in [-0.3, -0.25) is 19.3 Å². The molecule has 0 aliphatic carbocycles. The fraction of sp³-hybridized carbons (Fsp3) is 0.452. The maximum absolute atomic E-state index is 13.0. The molecule has 0 aromatic heterocycles. The molecule has 2 N–H and O–H groups in total. The molecule has 0 bridgehead atoms. The molecule has 0 saturated carbocycles. The Kier molecular flexibility index (Phi) is 10.5. The second-order valence-corrected chi connectivity index (χ2v) is 10.3. The van der Waals surface area contributed by atoms with Crippen LogP contribution in [0.15, 0.2) is 72.8 Å². The number of ether oxygens (including phenoxy) is 1. The second kappa shape index (κ2) is 14.5. The Labute approximate surface area is 225 Å². The number of cyclic esters (lactones) is 1. The van der Waals surface area contributed by atoms with Crippen molar-refractivity contribution in [2.24, 2.45) is 11.8 Å². The first-order valence-corrected chi connectivity index (χ1v) is 13.8. The highest BCUT2D eigenvalue weighted by molar-refractivity contribution is 5.86. The third-order valence-electron chi connectivity index (χ3n) is 7.36. The third kappa shape index (κ3) is 8.84. The summed E-state index contributed by atoms with van der Waals surface area (Å²) in [6.07, 6.45) is 6.76. The number of piperidine rings is 1. The highest BCUT2D eigenvalue weighted by Crippen LogP contribution is 2.21. The molecule has 2 aromatic carbocycles. The van der Waals surface area contributed by atoms with Crippen LogP contribution in [-0.2, 0) is 25.7 Å². The molecule has 0 unspecified atom stereocenters. The first kappa shape index (κ1) is 27.6. The van der Waals surface area contributed by atoms with Gasteiger partial charge >= 0.3 is 5.97 Å². The molecule has 2 aromatic rings. The molecule has 1 fully saturated rings. The Bertz CT molecular complexity index is 1070. The monoisotopic (exact) mass is 517 g/mol. The summed E-state index contributed by atoms with van der Waals surface area (Å²) >= 11 is 0. The number of likely N-dealkylation sites (tertiary alicyclic amines) is 1. The van der Waals surface area contributed by atoms with Gasteiger partial charge < -0.3 is 15.4 Å². The largest absolute Gasteiger partial charge is 0.456 e. The summed E-state index contributed by atoms with van der Waals surface area (Å²) < 4.78 is 5.65. The van der Waals surface area contributed by atoms with Crippen LogP contribution in [0.1, 0.15) is 55.8 Å². The zero-order valence-electron chi connectivity index (χ0n) is 22.0. The van der Waals surface area contributed by atoms with E-state index in [1.54, 1.807) is 0 Å². The van der Waals surface area contributed by atoms with Crippen molar-refractivity contribution in [2.75, 3.05) is 26.2 Å². The lowest BCUT2D eigenvalue weighted by atomic mass is 9.95. The van der Waals surface area contributed by atoms with Crippen LogP contribution in [-0.4, -0.2) is 48.9 Å². The highest BCUT2D eigenvalue weighted by Gasteiger charge is 2.25. The highest BCUT2D eigenvalue weighted by atomic mass is 16.5. The van der Waals surface area contributed by atoms with Crippen LogP contribution in [0.3, 0.4) is 0 Å². The smallest absolute Gasteiger partial charge is 0.306 e. The topological polar surface area (TPSA) is 87.7 Å². The van der Waals surface area contributed by atoms with E-state index in [1.807, 2.05) is 48.6 Å². The van der Waals surface area contributed by atoms with Gasteiger partial charge in [0, 0.05) is 25.9 Å². The molecule has 4 rings (SSSR count). The van der Waals surface area contributed by atoms with Crippen molar-refractivity contribution in [3.63, 3.8) is 0 Å². The van der Waals surface area contributed by atoms with E-state index in [0.717, 1.165) is 38.0 Å². The molecule has 0 spiro atoms. The standard InChI is InChI=1S/C31H39N3O4/c35-29(32-21-24-16-18-34(19-17-24)23-25-10-4-1-5-11-25)20-27-14-8-3-9-15-30(36)38-28(22-33-31(27)37)26-12-6-2-7-13-26/h1-8,10-13,24,27-28H,9,14-23H2,(H,32,35)(H,33,37)/b8-3-/t27-,28-/m0/s1. The zero-order chi connectivity index (χ0) is 26.6. The molecule has 2 amide bonds. The Morgan fingerprint density at radius 2 is 1.68 bits per heavy atom. The van der Waals surface area contributed by atoms with Crippen molar-refractivity contribution < 1.29 is 19.1 Å². The minimum Gasteiger partial charge on any atom is -0.456 e. The Hall–Kier alpha value is -3.45. The van der Waals surface area contributed by atoms with Crippen molar-refractivity contribution in [1.82, 2.24) is 15.5 Å². The predicted octanol–water partition coefficient (Wildman–Crippen LogP) is 4.16. The van der Waals surface area contributed by atoms with E-state index >= 15 is 0 Å². The van der Waals surface area contributed by atoms with Crippen LogP contribution in [0.5, 0.6) is 0 Å². The SMILES string of the molecule is O=C(C[C@@H]1C/C=C\CCC(=O)O[C@H](c2ccccc2)CNC1=O)NCC1CCN(Cc2ccccc2)CC1. The normalized spacial score (nSPS) is 22.8. The second-order valence-electron chi connectivity index (χ2n) is 10.3. The summed E-state index contributed by atoms with van der Waals surface area (Å²) in [6, 6.07) is 19.9. The molecule has 1 saturated heterocycles. The van der Waals surface area contributed by atoms with E-state index in [-0.39, 0.29) is 37.2 Å². The minimum atomic E-state index is -0.557. The lowest BCUT2D eigenvalue weighted by molar-refractivity contribution is -0.150. The van der Waals surface area contributed by atoms with Crippen LogP contribution in [0.2, 0.25) is 0 Å². The number of esters is 1. The van der Waals surface area contributed by atoms with Crippen molar-refractivity contribution in [1.29, 1.82) is 0 Å². The number of hydrogen-bond acceptors (Lipinski definition) is 5. The quantitative estimate of drug-likeness (QED) is 0.425. The summed E-state index contributed by atoms with van der Waals surface area (Å²) in [6.45, 7) is 3.84. The van der Waals surface area contributed by atoms with E-state index in [1.165, 1.54) is 5.56 Å². The number of rotatable bonds is 7. The Balaban J connectivity index is 1.25. The van der Waals surface area contributed by atoms with Gasteiger partial charge in [0.15, 0.2) is 0 Å². The zero-order valence-corrected chi connectivity index (χ0v) is 22.0. The lowest BCUT2D eigenvalue weighted by Gasteiger charge is -2.32. The molecule has 2 aliphatic heterocycles. The van der Waals surface area contributed by atoms with Gasteiger partial charge in [0.1, 0.15) is 6.10 Å². The first-order chi connectivity index (χ1) is 18.6. The lowest BCUT2D eigenvalue weighted by Crippen LogP contribution is -2.40. The molecule has 202 valence electrons. The van der Waals surface area contributed by atoms with Gasteiger partial charge in [0.2, 0.25) is 11.8 Å². The molecular weight excluding hydrogens is 478 g/mol. The maximum atomic E-state index is 13.0. The van der Waals surface area contributed by atoms with E-state index in [4.69, 9.17) is 4.74 Å². The van der Waals surface area contributed by atoms with Crippen LogP contribution in [0, 0.1) is 11.8 Å². The van der Waals surface area contributed by atoms with E-state index < -0.39 is 12.0 Å². The molecule has 2 atom stereocenters. The average Bonchev–Trinajstić information content (AvgIpc) is 2.94. The van der Waals surface area contributed by atoms with E-state index in [0.29, 0.717) is 25.3 Å². The third-order valence-corrected chi connectivity index (χ3v) is 7.36.